The lowest BCUT2D eigenvalue weighted by molar-refractivity contribution is 0.0884. The van der Waals surface area contributed by atoms with E-state index in [-0.39, 0.29) is 5.91 Å². The molecule has 0 heterocycles. The number of benzene rings is 1. The molecule has 6 nitrogen and oxygen atoms in total. The number of nitrogens with one attached hydrogen (secondary N) is 1. The van der Waals surface area contributed by atoms with E-state index in [2.05, 4.69) is 24.1 Å². The molecule has 0 saturated carbocycles. The first-order valence-corrected chi connectivity index (χ1v) is 7.95. The van der Waals surface area contributed by atoms with Crippen molar-refractivity contribution in [2.24, 2.45) is 0 Å². The summed E-state index contributed by atoms with van der Waals surface area (Å²) in [6, 6.07) is 5.09. The Hall–Kier alpha value is -1.79. The Morgan fingerprint density at radius 3 is 2.17 bits per heavy atom. The van der Waals surface area contributed by atoms with Crippen molar-refractivity contribution in [3.05, 3.63) is 23.8 Å². The van der Waals surface area contributed by atoms with E-state index in [1.165, 1.54) is 0 Å². The summed E-state index contributed by atoms with van der Waals surface area (Å²) in [6.07, 6.45) is 0. The number of amides is 1. The van der Waals surface area contributed by atoms with Crippen LogP contribution in [0.5, 0.6) is 11.5 Å². The third-order valence-electron chi connectivity index (χ3n) is 3.59. The fraction of sp³-hybridized carbons (Fsp3) is 0.588. The summed E-state index contributed by atoms with van der Waals surface area (Å²) in [4.78, 5) is 14.4. The number of ether oxygens (including phenoxy) is 3. The number of carbonyl (C=O) groups excluding carboxylic acids is 1. The molecule has 1 aromatic rings. The lowest BCUT2D eigenvalue weighted by Gasteiger charge is -2.17. The highest BCUT2D eigenvalue weighted by molar-refractivity contribution is 5.95. The van der Waals surface area contributed by atoms with Crippen LogP contribution in [-0.2, 0) is 4.74 Å². The van der Waals surface area contributed by atoms with E-state index < -0.39 is 0 Å². The standard InChI is InChI=1S/C17H28N2O4/c1-5-19(6-2)8-10-23-9-7-18-17(20)14-11-15(21-3)13-16(12-14)22-4/h11-13H,5-10H2,1-4H3,(H,18,20). The van der Waals surface area contributed by atoms with Gasteiger partial charge in [0.2, 0.25) is 0 Å². The maximum Gasteiger partial charge on any atom is 0.251 e. The molecule has 0 saturated heterocycles. The SMILES string of the molecule is CCN(CC)CCOCCNC(=O)c1cc(OC)cc(OC)c1. The zero-order valence-electron chi connectivity index (χ0n) is 14.6. The first kappa shape index (κ1) is 19.3. The van der Waals surface area contributed by atoms with Gasteiger partial charge in [0, 0.05) is 24.7 Å². The monoisotopic (exact) mass is 324 g/mol. The highest BCUT2D eigenvalue weighted by Crippen LogP contribution is 2.22. The third kappa shape index (κ3) is 6.88. The van der Waals surface area contributed by atoms with Gasteiger partial charge >= 0.3 is 0 Å². The molecule has 0 aliphatic carbocycles. The number of rotatable bonds is 11. The van der Waals surface area contributed by atoms with E-state index in [4.69, 9.17) is 14.2 Å². The normalized spacial score (nSPS) is 10.7. The van der Waals surface area contributed by atoms with Crippen molar-refractivity contribution >= 4 is 5.91 Å². The smallest absolute Gasteiger partial charge is 0.251 e. The lowest BCUT2D eigenvalue weighted by atomic mass is 10.2. The predicted octanol–water partition coefficient (Wildman–Crippen LogP) is 1.79. The van der Waals surface area contributed by atoms with Crippen LogP contribution in [0.1, 0.15) is 24.2 Å². The van der Waals surface area contributed by atoms with Crippen molar-refractivity contribution < 1.29 is 19.0 Å². The molecule has 1 aromatic carbocycles. The van der Waals surface area contributed by atoms with Crippen LogP contribution in [0.15, 0.2) is 18.2 Å². The molecule has 0 radical (unpaired) electrons. The second-order valence-electron chi connectivity index (χ2n) is 5.00. The molecule has 1 N–H and O–H groups in total. The minimum atomic E-state index is -0.172. The Kier molecular flexibility index (Phi) is 9.09. The van der Waals surface area contributed by atoms with Gasteiger partial charge < -0.3 is 24.4 Å². The van der Waals surface area contributed by atoms with E-state index in [9.17, 15) is 4.79 Å². The van der Waals surface area contributed by atoms with Gasteiger partial charge in [-0.15, -0.1) is 0 Å². The number of likely N-dealkylation sites (N-methyl/N-ethyl adjacent to an activating group) is 1. The van der Waals surface area contributed by atoms with Crippen LogP contribution in [0.3, 0.4) is 0 Å². The van der Waals surface area contributed by atoms with Crippen molar-refractivity contribution in [2.75, 3.05) is 53.6 Å². The van der Waals surface area contributed by atoms with Crippen LogP contribution < -0.4 is 14.8 Å². The average Bonchev–Trinajstić information content (AvgIpc) is 2.60. The van der Waals surface area contributed by atoms with E-state index in [0.29, 0.717) is 36.8 Å². The first-order valence-electron chi connectivity index (χ1n) is 7.95. The molecular weight excluding hydrogens is 296 g/mol. The van der Waals surface area contributed by atoms with Crippen molar-refractivity contribution in [1.29, 1.82) is 0 Å². The Morgan fingerprint density at radius 2 is 1.65 bits per heavy atom. The average molecular weight is 324 g/mol. The molecule has 0 aliphatic heterocycles. The minimum absolute atomic E-state index is 0.172. The van der Waals surface area contributed by atoms with E-state index in [0.717, 1.165) is 19.6 Å². The number of hydrogen-bond acceptors (Lipinski definition) is 5. The van der Waals surface area contributed by atoms with E-state index in [1.807, 2.05) is 0 Å². The highest BCUT2D eigenvalue weighted by atomic mass is 16.5. The number of hydrogen-bond donors (Lipinski definition) is 1. The molecular formula is C17H28N2O4. The first-order chi connectivity index (χ1) is 11.1. The van der Waals surface area contributed by atoms with Gasteiger partial charge in [0.05, 0.1) is 27.4 Å². The van der Waals surface area contributed by atoms with Gasteiger partial charge in [-0.05, 0) is 25.2 Å². The van der Waals surface area contributed by atoms with E-state index in [1.54, 1.807) is 32.4 Å². The number of methoxy groups -OCH3 is 2. The third-order valence-corrected chi connectivity index (χ3v) is 3.59. The molecule has 1 rings (SSSR count). The van der Waals surface area contributed by atoms with Gasteiger partial charge in [-0.1, -0.05) is 13.8 Å². The Labute approximate surface area is 138 Å². The second kappa shape index (κ2) is 10.9. The van der Waals surface area contributed by atoms with Crippen LogP contribution in [0, 0.1) is 0 Å². The molecule has 0 spiro atoms. The predicted molar refractivity (Wildman–Crippen MR) is 90.5 cm³/mol. The molecule has 0 aromatic heterocycles. The van der Waals surface area contributed by atoms with Crippen LogP contribution >= 0.6 is 0 Å². The van der Waals surface area contributed by atoms with Crippen LogP contribution in [0.25, 0.3) is 0 Å². The van der Waals surface area contributed by atoms with Crippen LogP contribution in [0.2, 0.25) is 0 Å². The van der Waals surface area contributed by atoms with Crippen LogP contribution in [0.4, 0.5) is 0 Å². The van der Waals surface area contributed by atoms with Gasteiger partial charge in [-0.2, -0.15) is 0 Å². The zero-order chi connectivity index (χ0) is 17.1. The molecule has 23 heavy (non-hydrogen) atoms. The van der Waals surface area contributed by atoms with Gasteiger partial charge in [0.1, 0.15) is 11.5 Å². The fourth-order valence-electron chi connectivity index (χ4n) is 2.11. The number of nitrogens with zero attached hydrogens (tertiary/aromatic N) is 1. The quantitative estimate of drug-likeness (QED) is 0.629. The Bertz CT molecular complexity index is 453. The summed E-state index contributed by atoms with van der Waals surface area (Å²) in [5.41, 5.74) is 0.504. The maximum atomic E-state index is 12.1. The Morgan fingerprint density at radius 1 is 1.04 bits per heavy atom. The van der Waals surface area contributed by atoms with Gasteiger partial charge in [0.15, 0.2) is 0 Å². The fourth-order valence-corrected chi connectivity index (χ4v) is 2.11. The number of carbonyl (C=O) groups is 1. The molecule has 1 amide bonds. The molecule has 0 bridgehead atoms. The summed E-state index contributed by atoms with van der Waals surface area (Å²) >= 11 is 0. The molecule has 0 fully saturated rings. The van der Waals surface area contributed by atoms with E-state index >= 15 is 0 Å². The Balaban J connectivity index is 2.34. The summed E-state index contributed by atoms with van der Waals surface area (Å²) in [6.45, 7) is 8.85. The molecule has 0 aliphatic rings. The zero-order valence-corrected chi connectivity index (χ0v) is 14.6. The lowest BCUT2D eigenvalue weighted by Crippen LogP contribution is -2.30. The van der Waals surface area contributed by atoms with Gasteiger partial charge in [-0.25, -0.2) is 0 Å². The maximum absolute atomic E-state index is 12.1. The molecule has 0 atom stereocenters. The van der Waals surface area contributed by atoms with Gasteiger partial charge in [0.25, 0.3) is 5.91 Å². The second-order valence-corrected chi connectivity index (χ2v) is 5.00. The van der Waals surface area contributed by atoms with Crippen molar-refractivity contribution in [3.8, 4) is 11.5 Å². The summed E-state index contributed by atoms with van der Waals surface area (Å²) in [7, 11) is 3.11. The molecule has 0 unspecified atom stereocenters. The van der Waals surface area contributed by atoms with Crippen LogP contribution in [-0.4, -0.2) is 64.4 Å². The topological polar surface area (TPSA) is 60.0 Å². The minimum Gasteiger partial charge on any atom is -0.497 e. The summed E-state index contributed by atoms with van der Waals surface area (Å²) in [5.74, 6) is 1.00. The summed E-state index contributed by atoms with van der Waals surface area (Å²) < 4.78 is 15.9. The molecule has 130 valence electrons. The molecule has 6 heteroatoms. The van der Waals surface area contributed by atoms with Crippen molar-refractivity contribution in [3.63, 3.8) is 0 Å². The van der Waals surface area contributed by atoms with Crippen molar-refractivity contribution in [2.45, 2.75) is 13.8 Å². The largest absolute Gasteiger partial charge is 0.497 e. The van der Waals surface area contributed by atoms with Gasteiger partial charge in [-0.3, -0.25) is 4.79 Å². The van der Waals surface area contributed by atoms with Crippen molar-refractivity contribution in [1.82, 2.24) is 10.2 Å². The highest BCUT2D eigenvalue weighted by Gasteiger charge is 2.09. The summed E-state index contributed by atoms with van der Waals surface area (Å²) in [5, 5.41) is 2.83.